The van der Waals surface area contributed by atoms with E-state index in [2.05, 4.69) is 57.7 Å². The van der Waals surface area contributed by atoms with E-state index in [9.17, 15) is 13.2 Å². The van der Waals surface area contributed by atoms with Gasteiger partial charge in [-0.15, -0.1) is 5.54 Å². The molecule has 176 valence electrons. The van der Waals surface area contributed by atoms with Crippen LogP contribution in [0.3, 0.4) is 0 Å². The Bertz CT molecular complexity index is 1130. The average molecular weight is 482 g/mol. The number of benzene rings is 2. The highest BCUT2D eigenvalue weighted by atomic mass is 32.2. The number of hydrogen-bond acceptors (Lipinski definition) is 3. The number of allylic oxidation sites excluding steroid dienone is 1. The molecule has 6 heteroatoms. The van der Waals surface area contributed by atoms with Crippen molar-refractivity contribution >= 4 is 29.6 Å². The van der Waals surface area contributed by atoms with E-state index in [0.29, 0.717) is 22.2 Å². The van der Waals surface area contributed by atoms with Crippen LogP contribution in [0.2, 0.25) is 16.6 Å². The molecule has 0 saturated heterocycles. The van der Waals surface area contributed by atoms with Gasteiger partial charge in [0.1, 0.15) is 8.07 Å². The number of carbonyl (C=O) groups excluding carboxylic acids is 1. The minimum Gasteiger partial charge on any atom is -0.268 e. The Morgan fingerprint density at radius 2 is 1.39 bits per heavy atom. The number of aryl methyl sites for hydroxylation is 1. The van der Waals surface area contributed by atoms with E-state index in [-0.39, 0.29) is 10.5 Å². The summed E-state index contributed by atoms with van der Waals surface area (Å²) in [5.41, 5.74) is 6.72. The smallest absolute Gasteiger partial charge is 0.266 e. The molecule has 2 aromatic rings. The zero-order valence-electron chi connectivity index (χ0n) is 20.6. The Morgan fingerprint density at radius 3 is 1.88 bits per heavy atom. The van der Waals surface area contributed by atoms with Gasteiger partial charge in [0.05, 0.1) is 10.5 Å². The summed E-state index contributed by atoms with van der Waals surface area (Å²) in [5, 5.41) is 0. The van der Waals surface area contributed by atoms with Crippen molar-refractivity contribution in [2.75, 3.05) is 0 Å². The van der Waals surface area contributed by atoms with Crippen LogP contribution in [0.25, 0.3) is 5.57 Å². The summed E-state index contributed by atoms with van der Waals surface area (Å²) < 4.78 is 27.8. The number of carbonyl (C=O) groups is 1. The lowest BCUT2D eigenvalue weighted by Crippen LogP contribution is -2.43. The van der Waals surface area contributed by atoms with Crippen LogP contribution >= 0.6 is 0 Å². The second kappa shape index (κ2) is 11.0. The van der Waals surface area contributed by atoms with Gasteiger partial charge in [-0.1, -0.05) is 95.5 Å². The third kappa shape index (κ3) is 6.25. The van der Waals surface area contributed by atoms with Crippen LogP contribution in [-0.2, 0) is 14.8 Å². The van der Waals surface area contributed by atoms with Crippen molar-refractivity contribution in [2.45, 2.75) is 70.0 Å². The van der Waals surface area contributed by atoms with Gasteiger partial charge in [-0.05, 0) is 41.2 Å². The van der Waals surface area contributed by atoms with Crippen LogP contribution in [0.15, 0.2) is 65.6 Å². The molecule has 0 radical (unpaired) electrons. The third-order valence-corrected chi connectivity index (χ3v) is 13.9. The van der Waals surface area contributed by atoms with Gasteiger partial charge in [0.2, 0.25) is 0 Å². The number of rotatable bonds is 7. The predicted octanol–water partition coefficient (Wildman–Crippen LogP) is 6.10. The fraction of sp³-hybridized carbons (Fsp3) is 0.370. The maximum atomic E-state index is 13.1. The predicted molar refractivity (Wildman–Crippen MR) is 140 cm³/mol. The molecule has 0 aliphatic carbocycles. The Balaban J connectivity index is 2.51. The number of amides is 1. The van der Waals surface area contributed by atoms with E-state index in [4.69, 9.17) is 0 Å². The normalized spacial score (nSPS) is 12.6. The van der Waals surface area contributed by atoms with Gasteiger partial charge in [-0.25, -0.2) is 13.1 Å². The SMILES string of the molecule is Cc1ccc(S(=O)(=O)NC(=O)/C(=C/C#C[Si](C(C)C)(C(C)C)C(C)C)c2ccccc2)cc1. The van der Waals surface area contributed by atoms with Crippen LogP contribution in [0.1, 0.15) is 52.7 Å². The van der Waals surface area contributed by atoms with Gasteiger partial charge in [-0.2, -0.15) is 0 Å². The highest BCUT2D eigenvalue weighted by Crippen LogP contribution is 2.40. The third-order valence-electron chi connectivity index (χ3n) is 6.26. The molecule has 2 aromatic carbocycles. The molecule has 0 heterocycles. The van der Waals surface area contributed by atoms with Crippen molar-refractivity contribution in [3.63, 3.8) is 0 Å². The largest absolute Gasteiger partial charge is 0.268 e. The maximum Gasteiger partial charge on any atom is 0.266 e. The molecule has 4 nitrogen and oxygen atoms in total. The summed E-state index contributed by atoms with van der Waals surface area (Å²) in [6.07, 6.45) is 1.57. The molecule has 1 N–H and O–H groups in total. The molecule has 0 atom stereocenters. The van der Waals surface area contributed by atoms with Crippen molar-refractivity contribution < 1.29 is 13.2 Å². The van der Waals surface area contributed by atoms with E-state index < -0.39 is 24.0 Å². The van der Waals surface area contributed by atoms with Gasteiger partial charge >= 0.3 is 0 Å². The molecular weight excluding hydrogens is 446 g/mol. The molecule has 0 unspecified atom stereocenters. The Hall–Kier alpha value is -2.62. The average Bonchev–Trinajstić information content (AvgIpc) is 2.73. The molecule has 0 fully saturated rings. The Morgan fingerprint density at radius 1 is 0.879 bits per heavy atom. The van der Waals surface area contributed by atoms with Gasteiger partial charge < -0.3 is 0 Å². The van der Waals surface area contributed by atoms with Crippen molar-refractivity contribution in [3.8, 4) is 11.5 Å². The molecule has 0 aromatic heterocycles. The van der Waals surface area contributed by atoms with Crippen LogP contribution in [0, 0.1) is 18.4 Å². The van der Waals surface area contributed by atoms with E-state index in [1.165, 1.54) is 12.1 Å². The first-order valence-electron chi connectivity index (χ1n) is 11.3. The summed E-state index contributed by atoms with van der Waals surface area (Å²) in [4.78, 5) is 13.2. The fourth-order valence-electron chi connectivity index (χ4n) is 4.52. The van der Waals surface area contributed by atoms with Crippen LogP contribution in [0.5, 0.6) is 0 Å². The van der Waals surface area contributed by atoms with E-state index in [1.54, 1.807) is 30.3 Å². The van der Waals surface area contributed by atoms with Crippen LogP contribution < -0.4 is 4.72 Å². The summed E-state index contributed by atoms with van der Waals surface area (Å²) in [6.45, 7) is 15.2. The molecule has 0 aliphatic heterocycles. The second-order valence-corrected chi connectivity index (χ2v) is 16.6. The van der Waals surface area contributed by atoms with Crippen LogP contribution in [0.4, 0.5) is 0 Å². The quantitative estimate of drug-likeness (QED) is 0.295. The number of hydrogen-bond donors (Lipinski definition) is 1. The summed E-state index contributed by atoms with van der Waals surface area (Å²) in [7, 11) is -5.99. The topological polar surface area (TPSA) is 63.2 Å². The van der Waals surface area contributed by atoms with Crippen molar-refractivity contribution in [1.29, 1.82) is 0 Å². The molecule has 0 aliphatic rings. The number of nitrogens with one attached hydrogen (secondary N) is 1. The minimum absolute atomic E-state index is 0.0470. The number of sulfonamides is 1. The Kier molecular flexibility index (Phi) is 8.87. The Labute approximate surface area is 200 Å². The van der Waals surface area contributed by atoms with E-state index >= 15 is 0 Å². The highest BCUT2D eigenvalue weighted by molar-refractivity contribution is 7.90. The monoisotopic (exact) mass is 481 g/mol. The zero-order valence-corrected chi connectivity index (χ0v) is 22.5. The molecule has 0 bridgehead atoms. The van der Waals surface area contributed by atoms with E-state index in [1.807, 2.05) is 25.1 Å². The zero-order chi connectivity index (χ0) is 24.8. The molecule has 0 saturated carbocycles. The molecule has 33 heavy (non-hydrogen) atoms. The highest BCUT2D eigenvalue weighted by Gasteiger charge is 2.41. The first-order chi connectivity index (χ1) is 15.4. The fourth-order valence-corrected chi connectivity index (χ4v) is 10.7. The standard InChI is InChI=1S/C27H35NO3SSi/c1-20(2)33(21(3)4,22(5)6)19-11-14-26(24-12-9-8-10-13-24)27(29)28-32(30,31)25-17-15-23(7)16-18-25/h8-10,12-18,20-22H,1-7H3,(H,28,29)/b26-14+. The molecular formula is C27H35NO3SSi. The molecule has 2 rings (SSSR count). The summed E-state index contributed by atoms with van der Waals surface area (Å²) in [5.74, 6) is 2.48. The first-order valence-corrected chi connectivity index (χ1v) is 15.1. The van der Waals surface area contributed by atoms with E-state index in [0.717, 1.165) is 5.56 Å². The van der Waals surface area contributed by atoms with Gasteiger partial charge in [0, 0.05) is 6.08 Å². The van der Waals surface area contributed by atoms with Crippen molar-refractivity contribution in [3.05, 3.63) is 71.8 Å². The van der Waals surface area contributed by atoms with Crippen LogP contribution in [-0.4, -0.2) is 22.4 Å². The van der Waals surface area contributed by atoms with Crippen molar-refractivity contribution in [1.82, 2.24) is 4.72 Å². The van der Waals surface area contributed by atoms with Crippen molar-refractivity contribution in [2.24, 2.45) is 0 Å². The first kappa shape index (κ1) is 26.6. The van der Waals surface area contributed by atoms with Gasteiger partial charge in [0.15, 0.2) is 0 Å². The lowest BCUT2D eigenvalue weighted by atomic mass is 10.1. The second-order valence-electron chi connectivity index (χ2n) is 9.34. The summed E-state index contributed by atoms with van der Waals surface area (Å²) in [6, 6.07) is 15.4. The molecule has 0 spiro atoms. The summed E-state index contributed by atoms with van der Waals surface area (Å²) >= 11 is 0. The maximum absolute atomic E-state index is 13.1. The lowest BCUT2D eigenvalue weighted by molar-refractivity contribution is -0.114. The van der Waals surface area contributed by atoms with Gasteiger partial charge in [0.25, 0.3) is 15.9 Å². The van der Waals surface area contributed by atoms with Gasteiger partial charge in [-0.3, -0.25) is 4.79 Å². The molecule has 1 amide bonds. The minimum atomic E-state index is -4.00. The lowest BCUT2D eigenvalue weighted by Gasteiger charge is -2.38.